The molecule has 0 aromatic rings. The zero-order chi connectivity index (χ0) is 12.3. The van der Waals surface area contributed by atoms with Crippen molar-refractivity contribution in [2.24, 2.45) is 0 Å². The summed E-state index contributed by atoms with van der Waals surface area (Å²) in [7, 11) is 1.70. The molecule has 0 spiro atoms. The molecule has 0 amide bonds. The molecule has 1 aliphatic carbocycles. The van der Waals surface area contributed by atoms with Crippen molar-refractivity contribution < 1.29 is 14.2 Å². The highest BCUT2D eigenvalue weighted by Crippen LogP contribution is 2.18. The predicted octanol–water partition coefficient (Wildman–Crippen LogP) is 1.36. The third-order valence-corrected chi connectivity index (χ3v) is 2.53. The second-order valence-electron chi connectivity index (χ2n) is 4.42. The molecule has 4 nitrogen and oxygen atoms in total. The number of nitrogens with one attached hydrogen (secondary N) is 1. The molecule has 0 aromatic carbocycles. The lowest BCUT2D eigenvalue weighted by atomic mass is 10.3. The molecule has 0 unspecified atom stereocenters. The monoisotopic (exact) mass is 243 g/mol. The van der Waals surface area contributed by atoms with Crippen molar-refractivity contribution in [2.75, 3.05) is 46.7 Å². The predicted molar refractivity (Wildman–Crippen MR) is 68.3 cm³/mol. The number of hydrogen-bond donors (Lipinski definition) is 1. The van der Waals surface area contributed by atoms with Crippen molar-refractivity contribution in [1.29, 1.82) is 0 Å². The van der Waals surface area contributed by atoms with Crippen LogP contribution in [-0.4, -0.2) is 52.7 Å². The van der Waals surface area contributed by atoms with E-state index in [1.165, 1.54) is 12.8 Å². The van der Waals surface area contributed by atoms with E-state index in [9.17, 15) is 0 Å². The first-order chi connectivity index (χ1) is 8.33. The smallest absolute Gasteiger partial charge is 0.0704 e. The lowest BCUT2D eigenvalue weighted by Gasteiger charge is -2.08. The Bertz CT molecular complexity index is 205. The van der Waals surface area contributed by atoms with Gasteiger partial charge in [0.1, 0.15) is 0 Å². The van der Waals surface area contributed by atoms with Gasteiger partial charge in [0.05, 0.1) is 19.8 Å². The van der Waals surface area contributed by atoms with Gasteiger partial charge in [0.25, 0.3) is 0 Å². The summed E-state index contributed by atoms with van der Waals surface area (Å²) >= 11 is 0. The third-order valence-electron chi connectivity index (χ3n) is 2.53. The van der Waals surface area contributed by atoms with Crippen molar-refractivity contribution in [2.45, 2.75) is 25.3 Å². The minimum atomic E-state index is 0.626. The fraction of sp³-hybridized carbons (Fsp3) is 0.846. The highest BCUT2D eigenvalue weighted by molar-refractivity contribution is 4.99. The maximum absolute atomic E-state index is 5.46. The van der Waals surface area contributed by atoms with E-state index in [0.717, 1.165) is 37.8 Å². The van der Waals surface area contributed by atoms with Gasteiger partial charge in [0.2, 0.25) is 0 Å². The first-order valence-electron chi connectivity index (χ1n) is 6.37. The fourth-order valence-corrected chi connectivity index (χ4v) is 1.37. The van der Waals surface area contributed by atoms with Gasteiger partial charge in [-0.2, -0.15) is 0 Å². The molecular weight excluding hydrogens is 218 g/mol. The van der Waals surface area contributed by atoms with Gasteiger partial charge >= 0.3 is 0 Å². The van der Waals surface area contributed by atoms with Crippen LogP contribution in [0.5, 0.6) is 0 Å². The number of ether oxygens (including phenoxy) is 3. The molecule has 0 bridgehead atoms. The van der Waals surface area contributed by atoms with Gasteiger partial charge in [-0.15, -0.1) is 0 Å². The molecule has 0 heterocycles. The van der Waals surface area contributed by atoms with Crippen molar-refractivity contribution in [3.63, 3.8) is 0 Å². The topological polar surface area (TPSA) is 39.7 Å². The van der Waals surface area contributed by atoms with E-state index >= 15 is 0 Å². The van der Waals surface area contributed by atoms with Crippen LogP contribution in [-0.2, 0) is 14.2 Å². The molecular formula is C13H25NO3. The van der Waals surface area contributed by atoms with Crippen LogP contribution < -0.4 is 5.32 Å². The number of hydrogen-bond acceptors (Lipinski definition) is 4. The molecule has 17 heavy (non-hydrogen) atoms. The van der Waals surface area contributed by atoms with Crippen LogP contribution in [0.25, 0.3) is 0 Å². The second kappa shape index (κ2) is 9.59. The van der Waals surface area contributed by atoms with E-state index < -0.39 is 0 Å². The Morgan fingerprint density at radius 3 is 2.65 bits per heavy atom. The van der Waals surface area contributed by atoms with E-state index in [1.54, 1.807) is 7.11 Å². The van der Waals surface area contributed by atoms with E-state index in [0.29, 0.717) is 19.8 Å². The van der Waals surface area contributed by atoms with Crippen LogP contribution in [0.4, 0.5) is 0 Å². The molecule has 0 saturated heterocycles. The van der Waals surface area contributed by atoms with Crippen LogP contribution in [0, 0.1) is 0 Å². The summed E-state index contributed by atoms with van der Waals surface area (Å²) in [6.45, 7) is 8.24. The Morgan fingerprint density at radius 1 is 1.18 bits per heavy atom. The Kier molecular flexibility index (Phi) is 8.26. The van der Waals surface area contributed by atoms with Gasteiger partial charge in [-0.05, 0) is 24.8 Å². The standard InChI is InChI=1S/C13H25NO3/c1-12(10-14-13-4-5-13)11-17-9-8-16-7-3-6-15-2/h13-14H,1,3-11H2,2H3. The van der Waals surface area contributed by atoms with Crippen LogP contribution in [0.2, 0.25) is 0 Å². The van der Waals surface area contributed by atoms with Crippen molar-refractivity contribution in [3.8, 4) is 0 Å². The summed E-state index contributed by atoms with van der Waals surface area (Å²) in [5.74, 6) is 0. The maximum atomic E-state index is 5.46. The average Bonchev–Trinajstić information content (AvgIpc) is 3.14. The maximum Gasteiger partial charge on any atom is 0.0704 e. The van der Waals surface area contributed by atoms with E-state index in [2.05, 4.69) is 11.9 Å². The summed E-state index contributed by atoms with van der Waals surface area (Å²) in [5, 5.41) is 3.41. The second-order valence-corrected chi connectivity index (χ2v) is 4.42. The van der Waals surface area contributed by atoms with Crippen LogP contribution >= 0.6 is 0 Å². The molecule has 1 N–H and O–H groups in total. The molecule has 1 rings (SSSR count). The lowest BCUT2D eigenvalue weighted by molar-refractivity contribution is 0.0467. The summed E-state index contributed by atoms with van der Waals surface area (Å²) in [6, 6.07) is 0.732. The molecule has 0 aliphatic heterocycles. The SMILES string of the molecule is C=C(CNC1CC1)COCCOCCCOC. The molecule has 0 atom stereocenters. The zero-order valence-corrected chi connectivity index (χ0v) is 10.9. The average molecular weight is 243 g/mol. The van der Waals surface area contributed by atoms with Crippen LogP contribution in [0.1, 0.15) is 19.3 Å². The Morgan fingerprint density at radius 2 is 1.94 bits per heavy atom. The first-order valence-corrected chi connectivity index (χ1v) is 6.37. The zero-order valence-electron chi connectivity index (χ0n) is 10.9. The summed E-state index contributed by atoms with van der Waals surface area (Å²) < 4.78 is 15.8. The van der Waals surface area contributed by atoms with Gasteiger partial charge in [-0.3, -0.25) is 0 Å². The van der Waals surface area contributed by atoms with Crippen LogP contribution in [0.3, 0.4) is 0 Å². The summed E-state index contributed by atoms with van der Waals surface area (Å²) in [6.07, 6.45) is 3.56. The summed E-state index contributed by atoms with van der Waals surface area (Å²) in [4.78, 5) is 0. The molecule has 1 fully saturated rings. The minimum Gasteiger partial charge on any atom is -0.385 e. The Balaban J connectivity index is 1.74. The van der Waals surface area contributed by atoms with E-state index in [-0.39, 0.29) is 0 Å². The lowest BCUT2D eigenvalue weighted by Crippen LogP contribution is -2.21. The van der Waals surface area contributed by atoms with E-state index in [4.69, 9.17) is 14.2 Å². The quantitative estimate of drug-likeness (QED) is 0.415. The molecule has 0 aromatic heterocycles. The molecule has 1 aliphatic rings. The normalized spacial score (nSPS) is 15.1. The van der Waals surface area contributed by atoms with Gasteiger partial charge < -0.3 is 19.5 Å². The van der Waals surface area contributed by atoms with Crippen molar-refractivity contribution >= 4 is 0 Å². The van der Waals surface area contributed by atoms with Gasteiger partial charge in [0.15, 0.2) is 0 Å². The van der Waals surface area contributed by atoms with Crippen molar-refractivity contribution in [3.05, 3.63) is 12.2 Å². The molecule has 0 radical (unpaired) electrons. The molecule has 4 heteroatoms. The third kappa shape index (κ3) is 9.30. The van der Waals surface area contributed by atoms with Crippen LogP contribution in [0.15, 0.2) is 12.2 Å². The number of rotatable bonds is 12. The summed E-state index contributed by atoms with van der Waals surface area (Å²) in [5.41, 5.74) is 1.11. The Hall–Kier alpha value is -0.420. The highest BCUT2D eigenvalue weighted by Gasteiger charge is 2.19. The first kappa shape index (κ1) is 14.6. The van der Waals surface area contributed by atoms with Crippen molar-refractivity contribution in [1.82, 2.24) is 5.32 Å². The fourth-order valence-electron chi connectivity index (χ4n) is 1.37. The van der Waals surface area contributed by atoms with E-state index in [1.807, 2.05) is 0 Å². The largest absolute Gasteiger partial charge is 0.385 e. The molecule has 1 saturated carbocycles. The van der Waals surface area contributed by atoms with Gasteiger partial charge in [-0.1, -0.05) is 6.58 Å². The number of methoxy groups -OCH3 is 1. The minimum absolute atomic E-state index is 0.626. The molecule has 100 valence electrons. The van der Waals surface area contributed by atoms with Gasteiger partial charge in [-0.25, -0.2) is 0 Å². The highest BCUT2D eigenvalue weighted by atomic mass is 16.5. The van der Waals surface area contributed by atoms with Gasteiger partial charge in [0, 0.05) is 32.9 Å². The Labute approximate surface area is 104 Å².